The first-order valence-corrected chi connectivity index (χ1v) is 8.08. The van der Waals surface area contributed by atoms with Crippen molar-refractivity contribution in [2.45, 2.75) is 46.2 Å². The van der Waals surface area contributed by atoms with E-state index in [0.29, 0.717) is 12.0 Å². The van der Waals surface area contributed by atoms with E-state index in [1.54, 1.807) is 0 Å². The van der Waals surface area contributed by atoms with Crippen LogP contribution in [-0.2, 0) is 13.0 Å². The molecule has 1 aliphatic rings. The zero-order valence-electron chi connectivity index (χ0n) is 13.3. The third kappa shape index (κ3) is 2.62. The summed E-state index contributed by atoms with van der Waals surface area (Å²) in [5, 5.41) is 3.44. The largest absolute Gasteiger partial charge is 0.324 e. The molecular formula is C18H25N3. The Bertz CT molecular complexity index is 598. The molecule has 1 aromatic carbocycles. The highest BCUT2D eigenvalue weighted by atomic mass is 15.1. The van der Waals surface area contributed by atoms with Gasteiger partial charge < -0.3 is 9.88 Å². The van der Waals surface area contributed by atoms with Crippen LogP contribution < -0.4 is 5.32 Å². The van der Waals surface area contributed by atoms with Crippen molar-refractivity contribution in [2.75, 3.05) is 6.54 Å². The summed E-state index contributed by atoms with van der Waals surface area (Å²) in [4.78, 5) is 4.97. The molecular weight excluding hydrogens is 258 g/mol. The van der Waals surface area contributed by atoms with E-state index in [9.17, 15) is 0 Å². The van der Waals surface area contributed by atoms with Gasteiger partial charge in [0, 0.05) is 36.8 Å². The number of aromatic nitrogens is 2. The van der Waals surface area contributed by atoms with Crippen LogP contribution in [0.5, 0.6) is 0 Å². The summed E-state index contributed by atoms with van der Waals surface area (Å²) >= 11 is 0. The normalized spacial score (nSPS) is 16.0. The molecule has 1 aliphatic heterocycles. The molecule has 112 valence electrons. The Morgan fingerprint density at radius 1 is 1.24 bits per heavy atom. The molecule has 2 aromatic rings. The minimum Gasteiger partial charge on any atom is -0.324 e. The van der Waals surface area contributed by atoms with Crippen molar-refractivity contribution >= 4 is 0 Å². The van der Waals surface area contributed by atoms with Gasteiger partial charge in [-0.25, -0.2) is 4.98 Å². The van der Waals surface area contributed by atoms with Gasteiger partial charge in [-0.15, -0.1) is 0 Å². The first kappa shape index (κ1) is 14.3. The molecule has 21 heavy (non-hydrogen) atoms. The molecule has 1 aromatic heterocycles. The number of hydrogen-bond acceptors (Lipinski definition) is 2. The van der Waals surface area contributed by atoms with Gasteiger partial charge >= 0.3 is 0 Å². The lowest BCUT2D eigenvalue weighted by atomic mass is 9.99. The molecule has 0 saturated heterocycles. The molecule has 1 atom stereocenters. The second-order valence-electron chi connectivity index (χ2n) is 6.21. The quantitative estimate of drug-likeness (QED) is 0.925. The summed E-state index contributed by atoms with van der Waals surface area (Å²) in [5.74, 6) is 1.76. The Morgan fingerprint density at radius 3 is 2.67 bits per heavy atom. The molecule has 0 aliphatic carbocycles. The first-order chi connectivity index (χ1) is 10.2. The van der Waals surface area contributed by atoms with Crippen molar-refractivity contribution in [3.63, 3.8) is 0 Å². The van der Waals surface area contributed by atoms with Gasteiger partial charge in [-0.3, -0.25) is 0 Å². The van der Waals surface area contributed by atoms with E-state index in [0.717, 1.165) is 31.8 Å². The summed E-state index contributed by atoms with van der Waals surface area (Å²) in [5.41, 5.74) is 3.90. The van der Waals surface area contributed by atoms with Gasteiger partial charge in [0.25, 0.3) is 0 Å². The van der Waals surface area contributed by atoms with E-state index in [1.807, 2.05) is 0 Å². The molecule has 0 fully saturated rings. The van der Waals surface area contributed by atoms with Crippen molar-refractivity contribution in [1.82, 2.24) is 14.9 Å². The zero-order valence-corrected chi connectivity index (χ0v) is 13.3. The summed E-state index contributed by atoms with van der Waals surface area (Å²) in [6.45, 7) is 8.87. The van der Waals surface area contributed by atoms with Gasteiger partial charge in [-0.1, -0.05) is 51.1 Å². The van der Waals surface area contributed by atoms with Crippen LogP contribution >= 0.6 is 0 Å². The van der Waals surface area contributed by atoms with E-state index in [-0.39, 0.29) is 0 Å². The summed E-state index contributed by atoms with van der Waals surface area (Å²) in [6.07, 6.45) is 2.23. The number of fused-ring (bicyclic) bond motifs is 1. The molecule has 3 nitrogen and oxygen atoms in total. The maximum atomic E-state index is 4.97. The predicted octanol–water partition coefficient (Wildman–Crippen LogP) is 3.80. The fourth-order valence-electron chi connectivity index (χ4n) is 3.43. The number of benzene rings is 1. The van der Waals surface area contributed by atoms with Gasteiger partial charge in [0.2, 0.25) is 0 Å². The number of nitrogens with zero attached hydrogens (tertiary/aromatic N) is 2. The summed E-state index contributed by atoms with van der Waals surface area (Å²) in [7, 11) is 0. The fourth-order valence-corrected chi connectivity index (χ4v) is 3.43. The second kappa shape index (κ2) is 6.02. The number of rotatable bonds is 4. The monoisotopic (exact) mass is 283 g/mol. The van der Waals surface area contributed by atoms with Crippen LogP contribution in [0.1, 0.15) is 44.6 Å². The lowest BCUT2D eigenvalue weighted by Gasteiger charge is -2.27. The van der Waals surface area contributed by atoms with Crippen molar-refractivity contribution < 1.29 is 0 Å². The highest BCUT2D eigenvalue weighted by Crippen LogP contribution is 2.33. The highest BCUT2D eigenvalue weighted by molar-refractivity contribution is 5.57. The number of nitrogens with one attached hydrogen (secondary N) is 1. The van der Waals surface area contributed by atoms with Crippen molar-refractivity contribution in [1.29, 1.82) is 0 Å². The molecule has 0 spiro atoms. The van der Waals surface area contributed by atoms with Crippen molar-refractivity contribution in [2.24, 2.45) is 5.92 Å². The third-order valence-corrected chi connectivity index (χ3v) is 4.48. The van der Waals surface area contributed by atoms with E-state index < -0.39 is 0 Å². The van der Waals surface area contributed by atoms with Gasteiger partial charge in [0.15, 0.2) is 0 Å². The van der Waals surface area contributed by atoms with Gasteiger partial charge in [0.1, 0.15) is 5.82 Å². The van der Waals surface area contributed by atoms with E-state index in [2.05, 4.69) is 61.0 Å². The lowest BCUT2D eigenvalue weighted by Crippen LogP contribution is -2.27. The second-order valence-corrected chi connectivity index (χ2v) is 6.21. The molecule has 1 unspecified atom stereocenters. The average Bonchev–Trinajstić information content (AvgIpc) is 2.88. The lowest BCUT2D eigenvalue weighted by molar-refractivity contribution is 0.357. The van der Waals surface area contributed by atoms with Crippen LogP contribution in [0, 0.1) is 5.92 Å². The molecule has 0 amide bonds. The van der Waals surface area contributed by atoms with Crippen LogP contribution in [0.25, 0.3) is 11.4 Å². The molecule has 0 radical (unpaired) electrons. The van der Waals surface area contributed by atoms with Crippen LogP contribution in [0.3, 0.4) is 0 Å². The molecule has 3 heteroatoms. The molecule has 0 saturated carbocycles. The summed E-state index contributed by atoms with van der Waals surface area (Å²) < 4.78 is 2.52. The van der Waals surface area contributed by atoms with E-state index >= 15 is 0 Å². The molecule has 3 rings (SSSR count). The Morgan fingerprint density at radius 2 is 2.00 bits per heavy atom. The van der Waals surface area contributed by atoms with E-state index in [4.69, 9.17) is 4.98 Å². The zero-order chi connectivity index (χ0) is 14.8. The smallest absolute Gasteiger partial charge is 0.140 e. The summed E-state index contributed by atoms with van der Waals surface area (Å²) in [6, 6.07) is 11.1. The minimum atomic E-state index is 0.523. The number of hydrogen-bond donors (Lipinski definition) is 1. The van der Waals surface area contributed by atoms with Gasteiger partial charge in [-0.05, 0) is 12.3 Å². The Kier molecular flexibility index (Phi) is 4.11. The Hall–Kier alpha value is -1.61. The standard InChI is InChI=1S/C18H25N3/c1-4-16(13(2)3)21-17-10-11-19-12-15(17)20-18(21)14-8-6-5-7-9-14/h5-9,13,16,19H,4,10-12H2,1-3H3. The topological polar surface area (TPSA) is 29.9 Å². The van der Waals surface area contributed by atoms with Crippen LogP contribution in [0.4, 0.5) is 0 Å². The highest BCUT2D eigenvalue weighted by Gasteiger charge is 2.26. The van der Waals surface area contributed by atoms with Crippen molar-refractivity contribution in [3.8, 4) is 11.4 Å². The maximum absolute atomic E-state index is 4.97. The van der Waals surface area contributed by atoms with Crippen LogP contribution in [0.2, 0.25) is 0 Å². The molecule has 2 heterocycles. The fraction of sp³-hybridized carbons (Fsp3) is 0.500. The van der Waals surface area contributed by atoms with Gasteiger partial charge in [-0.2, -0.15) is 0 Å². The Labute approximate surface area is 127 Å². The van der Waals surface area contributed by atoms with Gasteiger partial charge in [0.05, 0.1) is 5.69 Å². The van der Waals surface area contributed by atoms with Crippen molar-refractivity contribution in [3.05, 3.63) is 41.7 Å². The van der Waals surface area contributed by atoms with E-state index in [1.165, 1.54) is 17.0 Å². The Balaban J connectivity index is 2.17. The number of imidazole rings is 1. The SMILES string of the molecule is CCC(C(C)C)n1c(-c2ccccc2)nc2c1CCNC2. The predicted molar refractivity (Wildman–Crippen MR) is 87.2 cm³/mol. The average molecular weight is 283 g/mol. The van der Waals surface area contributed by atoms with Crippen LogP contribution in [0.15, 0.2) is 30.3 Å². The minimum absolute atomic E-state index is 0.523. The molecule has 1 N–H and O–H groups in total. The van der Waals surface area contributed by atoms with Crippen LogP contribution in [-0.4, -0.2) is 16.1 Å². The third-order valence-electron chi connectivity index (χ3n) is 4.48. The first-order valence-electron chi connectivity index (χ1n) is 8.08. The maximum Gasteiger partial charge on any atom is 0.140 e. The molecule has 0 bridgehead atoms.